The van der Waals surface area contributed by atoms with Crippen LogP contribution in [0.5, 0.6) is 5.75 Å². The Morgan fingerprint density at radius 3 is 2.22 bits per heavy atom. The van der Waals surface area contributed by atoms with Gasteiger partial charge in [0.15, 0.2) is 0 Å². The summed E-state index contributed by atoms with van der Waals surface area (Å²) >= 11 is 0. The van der Waals surface area contributed by atoms with Crippen LogP contribution < -0.4 is 4.74 Å². The van der Waals surface area contributed by atoms with Crippen LogP contribution in [0.25, 0.3) is 22.2 Å². The molecule has 0 fully saturated rings. The molecule has 0 radical (unpaired) electrons. The van der Waals surface area contributed by atoms with Gasteiger partial charge in [0.05, 0.1) is 12.2 Å². The maximum absolute atomic E-state index is 10.7. The van der Waals surface area contributed by atoms with Crippen molar-refractivity contribution >= 4 is 10.9 Å². The van der Waals surface area contributed by atoms with Crippen molar-refractivity contribution in [3.8, 4) is 17.0 Å². The van der Waals surface area contributed by atoms with E-state index in [4.69, 9.17) is 4.74 Å². The Kier molecular flexibility index (Phi) is 4.95. The zero-order valence-corrected chi connectivity index (χ0v) is 15.4. The van der Waals surface area contributed by atoms with Gasteiger partial charge in [-0.1, -0.05) is 66.7 Å². The third-order valence-electron chi connectivity index (χ3n) is 4.85. The summed E-state index contributed by atoms with van der Waals surface area (Å²) in [5.74, 6) is 0.772. The molecule has 3 nitrogen and oxygen atoms in total. The zero-order valence-electron chi connectivity index (χ0n) is 15.4. The van der Waals surface area contributed by atoms with Gasteiger partial charge in [0, 0.05) is 10.9 Å². The van der Waals surface area contributed by atoms with Gasteiger partial charge in [-0.15, -0.1) is 0 Å². The van der Waals surface area contributed by atoms with Crippen molar-refractivity contribution in [2.24, 2.45) is 0 Å². The Labute approximate surface area is 159 Å². The fraction of sp³-hybridized carbons (Fsp3) is 0.167. The molecule has 0 aliphatic carbocycles. The van der Waals surface area contributed by atoms with Gasteiger partial charge in [0.25, 0.3) is 0 Å². The average Bonchev–Trinajstić information content (AvgIpc) is 3.00. The first kappa shape index (κ1) is 17.4. The van der Waals surface area contributed by atoms with Crippen LogP contribution in [0, 0.1) is 6.92 Å². The first-order valence-corrected chi connectivity index (χ1v) is 9.23. The molecule has 136 valence electrons. The Bertz CT molecular complexity index is 1020. The van der Waals surface area contributed by atoms with Crippen molar-refractivity contribution in [2.75, 3.05) is 6.61 Å². The summed E-state index contributed by atoms with van der Waals surface area (Å²) in [7, 11) is 0. The van der Waals surface area contributed by atoms with E-state index in [0.29, 0.717) is 6.54 Å². The summed E-state index contributed by atoms with van der Waals surface area (Å²) in [4.78, 5) is 0. The van der Waals surface area contributed by atoms with Gasteiger partial charge in [0.1, 0.15) is 18.5 Å². The molecule has 0 spiro atoms. The molecule has 3 heteroatoms. The van der Waals surface area contributed by atoms with E-state index in [1.807, 2.05) is 54.6 Å². The standard InChI is InChI=1S/C24H23NO2/c1-18-22-14-8-9-15-23(22)25(24(18)19-10-4-2-5-11-19)16-20(26)17-27-21-12-6-3-7-13-21/h2-15,20,26H,16-17H2,1H3. The fourth-order valence-electron chi connectivity index (χ4n) is 3.61. The summed E-state index contributed by atoms with van der Waals surface area (Å²) in [6.45, 7) is 2.88. The Hall–Kier alpha value is -3.04. The van der Waals surface area contributed by atoms with Gasteiger partial charge in [-0.2, -0.15) is 0 Å². The number of nitrogens with zero attached hydrogens (tertiary/aromatic N) is 1. The molecule has 0 bridgehead atoms. The van der Waals surface area contributed by atoms with E-state index in [1.165, 1.54) is 10.9 Å². The van der Waals surface area contributed by atoms with Crippen molar-refractivity contribution in [2.45, 2.75) is 19.6 Å². The molecule has 1 N–H and O–H groups in total. The molecule has 0 aliphatic heterocycles. The maximum Gasteiger partial charge on any atom is 0.119 e. The van der Waals surface area contributed by atoms with Gasteiger partial charge in [-0.05, 0) is 36.2 Å². The number of fused-ring (bicyclic) bond motifs is 1. The molecule has 3 aromatic carbocycles. The highest BCUT2D eigenvalue weighted by Gasteiger charge is 2.18. The molecule has 27 heavy (non-hydrogen) atoms. The lowest BCUT2D eigenvalue weighted by molar-refractivity contribution is 0.0939. The Morgan fingerprint density at radius 1 is 0.852 bits per heavy atom. The number of benzene rings is 3. The number of para-hydroxylation sites is 2. The maximum atomic E-state index is 10.7. The van der Waals surface area contributed by atoms with Gasteiger partial charge in [-0.25, -0.2) is 0 Å². The molecule has 0 amide bonds. The normalized spacial score (nSPS) is 12.2. The number of aryl methyl sites for hydroxylation is 1. The molecule has 4 aromatic rings. The first-order chi connectivity index (χ1) is 13.2. The van der Waals surface area contributed by atoms with Gasteiger partial charge < -0.3 is 14.4 Å². The smallest absolute Gasteiger partial charge is 0.119 e. The van der Waals surface area contributed by atoms with Gasteiger partial charge in [0.2, 0.25) is 0 Å². The lowest BCUT2D eigenvalue weighted by atomic mass is 10.1. The minimum atomic E-state index is -0.608. The van der Waals surface area contributed by atoms with E-state index in [2.05, 4.69) is 41.8 Å². The molecule has 1 heterocycles. The molecule has 0 saturated heterocycles. The lowest BCUT2D eigenvalue weighted by Crippen LogP contribution is -2.24. The van der Waals surface area contributed by atoms with Crippen LogP contribution in [0.15, 0.2) is 84.9 Å². The molecular formula is C24H23NO2. The SMILES string of the molecule is Cc1c(-c2ccccc2)n(CC(O)COc2ccccc2)c2ccccc12. The second-order valence-corrected chi connectivity index (χ2v) is 6.75. The summed E-state index contributed by atoms with van der Waals surface area (Å²) in [5.41, 5.74) is 4.67. The Morgan fingerprint density at radius 2 is 1.48 bits per heavy atom. The number of aliphatic hydroxyl groups excluding tert-OH is 1. The third kappa shape index (κ3) is 3.60. The number of aliphatic hydroxyl groups is 1. The van der Waals surface area contributed by atoms with Crippen LogP contribution in [0.3, 0.4) is 0 Å². The minimum Gasteiger partial charge on any atom is -0.491 e. The van der Waals surface area contributed by atoms with Crippen LogP contribution in [-0.4, -0.2) is 22.4 Å². The summed E-state index contributed by atoms with van der Waals surface area (Å²) in [6.07, 6.45) is -0.608. The highest BCUT2D eigenvalue weighted by atomic mass is 16.5. The quantitative estimate of drug-likeness (QED) is 0.523. The predicted molar refractivity (Wildman–Crippen MR) is 110 cm³/mol. The number of hydrogen-bond donors (Lipinski definition) is 1. The van der Waals surface area contributed by atoms with Gasteiger partial charge in [-0.3, -0.25) is 0 Å². The third-order valence-corrected chi connectivity index (χ3v) is 4.85. The zero-order chi connectivity index (χ0) is 18.6. The summed E-state index contributed by atoms with van der Waals surface area (Å²) < 4.78 is 7.95. The summed E-state index contributed by atoms with van der Waals surface area (Å²) in [6, 6.07) is 28.3. The van der Waals surface area contributed by atoms with E-state index in [9.17, 15) is 5.11 Å². The van der Waals surface area contributed by atoms with E-state index in [0.717, 1.165) is 22.5 Å². The summed E-state index contributed by atoms with van der Waals surface area (Å²) in [5, 5.41) is 11.9. The topological polar surface area (TPSA) is 34.4 Å². The predicted octanol–water partition coefficient (Wildman–Crippen LogP) is 5.06. The van der Waals surface area contributed by atoms with Crippen molar-refractivity contribution in [3.05, 3.63) is 90.5 Å². The second-order valence-electron chi connectivity index (χ2n) is 6.75. The van der Waals surface area contributed by atoms with Crippen LogP contribution >= 0.6 is 0 Å². The van der Waals surface area contributed by atoms with Crippen LogP contribution in [0.1, 0.15) is 5.56 Å². The second kappa shape index (κ2) is 7.68. The molecule has 1 unspecified atom stereocenters. The van der Waals surface area contributed by atoms with E-state index in [-0.39, 0.29) is 6.61 Å². The van der Waals surface area contributed by atoms with E-state index >= 15 is 0 Å². The lowest BCUT2D eigenvalue weighted by Gasteiger charge is -2.17. The number of ether oxygens (including phenoxy) is 1. The first-order valence-electron chi connectivity index (χ1n) is 9.23. The largest absolute Gasteiger partial charge is 0.491 e. The fourth-order valence-corrected chi connectivity index (χ4v) is 3.61. The van der Waals surface area contributed by atoms with Crippen molar-refractivity contribution in [3.63, 3.8) is 0 Å². The highest BCUT2D eigenvalue weighted by molar-refractivity contribution is 5.91. The van der Waals surface area contributed by atoms with E-state index in [1.54, 1.807) is 0 Å². The highest BCUT2D eigenvalue weighted by Crippen LogP contribution is 2.33. The van der Waals surface area contributed by atoms with E-state index < -0.39 is 6.10 Å². The number of aromatic nitrogens is 1. The molecule has 0 aliphatic rings. The molecule has 1 atom stereocenters. The van der Waals surface area contributed by atoms with Crippen molar-refractivity contribution in [1.82, 2.24) is 4.57 Å². The molecule has 4 rings (SSSR count). The van der Waals surface area contributed by atoms with Crippen LogP contribution in [-0.2, 0) is 6.54 Å². The van der Waals surface area contributed by atoms with Crippen LogP contribution in [0.4, 0.5) is 0 Å². The Balaban J connectivity index is 1.66. The van der Waals surface area contributed by atoms with Gasteiger partial charge >= 0.3 is 0 Å². The number of rotatable bonds is 6. The van der Waals surface area contributed by atoms with Crippen molar-refractivity contribution in [1.29, 1.82) is 0 Å². The van der Waals surface area contributed by atoms with Crippen LogP contribution in [0.2, 0.25) is 0 Å². The number of hydrogen-bond acceptors (Lipinski definition) is 2. The average molecular weight is 357 g/mol. The molecular weight excluding hydrogens is 334 g/mol. The monoisotopic (exact) mass is 357 g/mol. The molecule has 1 aromatic heterocycles. The van der Waals surface area contributed by atoms with Crippen molar-refractivity contribution < 1.29 is 9.84 Å². The molecule has 0 saturated carbocycles. The minimum absolute atomic E-state index is 0.254.